The van der Waals surface area contributed by atoms with Gasteiger partial charge in [-0.2, -0.15) is 0 Å². The lowest BCUT2D eigenvalue weighted by molar-refractivity contribution is -0.215. The van der Waals surface area contributed by atoms with Crippen molar-refractivity contribution in [2.75, 3.05) is 0 Å². The molecule has 0 aromatic heterocycles. The smallest absolute Gasteiger partial charge is 0.0864 e. The van der Waals surface area contributed by atoms with Crippen molar-refractivity contribution in [1.82, 2.24) is 0 Å². The van der Waals surface area contributed by atoms with Crippen molar-refractivity contribution in [2.24, 2.45) is 17.8 Å². The zero-order valence-electron chi connectivity index (χ0n) is 14.2. The molecule has 1 heterocycles. The second kappa shape index (κ2) is 5.32. The van der Waals surface area contributed by atoms with Crippen LogP contribution in [0.3, 0.4) is 0 Å². The van der Waals surface area contributed by atoms with Crippen molar-refractivity contribution in [3.8, 4) is 0 Å². The summed E-state index contributed by atoms with van der Waals surface area (Å²) in [5, 5.41) is 13.0. The summed E-state index contributed by atoms with van der Waals surface area (Å²) in [6, 6.07) is 15.1. The SMILES string of the molecule is C[C@H]1C2CC(C[C@@H]1O)C(C)(C)O[C@H]2c1ccc2ccccc2c1. The zero-order valence-corrected chi connectivity index (χ0v) is 14.2. The third kappa shape index (κ3) is 2.49. The zero-order chi connectivity index (χ0) is 16.2. The highest BCUT2D eigenvalue weighted by molar-refractivity contribution is 5.83. The average Bonchev–Trinajstić information content (AvgIpc) is 2.54. The first-order valence-electron chi connectivity index (χ1n) is 8.80. The van der Waals surface area contributed by atoms with Crippen LogP contribution in [0, 0.1) is 17.8 Å². The van der Waals surface area contributed by atoms with Gasteiger partial charge < -0.3 is 9.84 Å². The molecule has 2 aliphatic rings. The maximum Gasteiger partial charge on any atom is 0.0864 e. The van der Waals surface area contributed by atoms with Gasteiger partial charge in [-0.1, -0.05) is 43.3 Å². The van der Waals surface area contributed by atoms with Gasteiger partial charge in [0.2, 0.25) is 0 Å². The van der Waals surface area contributed by atoms with E-state index in [4.69, 9.17) is 4.74 Å². The molecule has 0 radical (unpaired) electrons. The molecule has 0 amide bonds. The van der Waals surface area contributed by atoms with Gasteiger partial charge in [0, 0.05) is 0 Å². The summed E-state index contributed by atoms with van der Waals surface area (Å²) in [6.45, 7) is 6.55. The number of aliphatic hydroxyl groups is 1. The molecule has 2 nitrogen and oxygen atoms in total. The highest BCUT2D eigenvalue weighted by Crippen LogP contribution is 2.53. The van der Waals surface area contributed by atoms with Gasteiger partial charge >= 0.3 is 0 Å². The van der Waals surface area contributed by atoms with E-state index in [9.17, 15) is 5.11 Å². The minimum Gasteiger partial charge on any atom is -0.393 e. The van der Waals surface area contributed by atoms with Crippen LogP contribution in [0.4, 0.5) is 0 Å². The van der Waals surface area contributed by atoms with Crippen LogP contribution in [0.5, 0.6) is 0 Å². The quantitative estimate of drug-likeness (QED) is 0.826. The fourth-order valence-electron chi connectivity index (χ4n) is 4.61. The molecule has 2 fully saturated rings. The van der Waals surface area contributed by atoms with E-state index in [-0.39, 0.29) is 17.8 Å². The standard InChI is InChI=1S/C21H26O2/c1-13-18-11-17(12-19(13)22)21(2,3)23-20(18)16-9-8-14-6-4-5-7-15(14)10-16/h4-10,13,17-20,22H,11-12H2,1-3H3/t13-,17?,18?,19-,20-/m0/s1. The van der Waals surface area contributed by atoms with Gasteiger partial charge in [0.1, 0.15) is 0 Å². The van der Waals surface area contributed by atoms with Gasteiger partial charge in [-0.05, 0) is 66.8 Å². The van der Waals surface area contributed by atoms with E-state index in [1.807, 2.05) is 0 Å². The molecule has 1 aliphatic heterocycles. The minimum absolute atomic E-state index is 0.0795. The van der Waals surface area contributed by atoms with E-state index < -0.39 is 0 Å². The summed E-state index contributed by atoms with van der Waals surface area (Å²) in [5.74, 6) is 1.15. The van der Waals surface area contributed by atoms with Crippen LogP contribution < -0.4 is 0 Å². The lowest BCUT2D eigenvalue weighted by atomic mass is 9.63. The molecule has 122 valence electrons. The van der Waals surface area contributed by atoms with E-state index >= 15 is 0 Å². The number of fused-ring (bicyclic) bond motifs is 3. The highest BCUT2D eigenvalue weighted by Gasteiger charge is 2.50. The molecule has 2 unspecified atom stereocenters. The van der Waals surface area contributed by atoms with Crippen molar-refractivity contribution in [2.45, 2.75) is 51.4 Å². The fourth-order valence-corrected chi connectivity index (χ4v) is 4.61. The maximum absolute atomic E-state index is 10.5. The molecule has 1 aliphatic carbocycles. The van der Waals surface area contributed by atoms with E-state index in [1.165, 1.54) is 16.3 Å². The first-order chi connectivity index (χ1) is 11.0. The molecule has 2 heteroatoms. The first-order valence-corrected chi connectivity index (χ1v) is 8.80. The van der Waals surface area contributed by atoms with Gasteiger partial charge in [-0.3, -0.25) is 0 Å². The Kier molecular flexibility index (Phi) is 3.51. The van der Waals surface area contributed by atoms with Crippen LogP contribution in [-0.2, 0) is 4.74 Å². The molecule has 5 atom stereocenters. The van der Waals surface area contributed by atoms with Crippen LogP contribution in [0.1, 0.15) is 45.3 Å². The normalized spacial score (nSPS) is 36.1. The Hall–Kier alpha value is -1.38. The van der Waals surface area contributed by atoms with Crippen LogP contribution >= 0.6 is 0 Å². The summed E-state index contributed by atoms with van der Waals surface area (Å²) in [4.78, 5) is 0. The molecule has 4 rings (SSSR count). The Morgan fingerprint density at radius 3 is 2.57 bits per heavy atom. The van der Waals surface area contributed by atoms with Crippen molar-refractivity contribution in [3.63, 3.8) is 0 Å². The Balaban J connectivity index is 1.75. The number of hydrogen-bond acceptors (Lipinski definition) is 2. The maximum atomic E-state index is 10.5. The average molecular weight is 310 g/mol. The number of ether oxygens (including phenoxy) is 1. The predicted molar refractivity (Wildman–Crippen MR) is 93.2 cm³/mol. The molecule has 1 saturated carbocycles. The second-order valence-corrected chi connectivity index (χ2v) is 8.01. The minimum atomic E-state index is -0.204. The van der Waals surface area contributed by atoms with Crippen LogP contribution in [0.15, 0.2) is 42.5 Å². The first kappa shape index (κ1) is 15.2. The molecule has 1 saturated heterocycles. The summed E-state index contributed by atoms with van der Waals surface area (Å²) >= 11 is 0. The second-order valence-electron chi connectivity index (χ2n) is 8.01. The number of aliphatic hydroxyl groups excluding tert-OH is 1. The van der Waals surface area contributed by atoms with E-state index in [1.54, 1.807) is 0 Å². The summed E-state index contributed by atoms with van der Waals surface area (Å²) in [6.07, 6.45) is 1.90. The number of rotatable bonds is 1. The van der Waals surface area contributed by atoms with Crippen molar-refractivity contribution >= 4 is 10.8 Å². The molecular weight excluding hydrogens is 284 g/mol. The van der Waals surface area contributed by atoms with E-state index in [0.717, 1.165) is 12.8 Å². The van der Waals surface area contributed by atoms with Crippen molar-refractivity contribution in [1.29, 1.82) is 0 Å². The van der Waals surface area contributed by atoms with Gasteiger partial charge in [-0.25, -0.2) is 0 Å². The van der Waals surface area contributed by atoms with Gasteiger partial charge in [0.15, 0.2) is 0 Å². The topological polar surface area (TPSA) is 29.5 Å². The van der Waals surface area contributed by atoms with E-state index in [2.05, 4.69) is 63.2 Å². The fraction of sp³-hybridized carbons (Fsp3) is 0.524. The lowest BCUT2D eigenvalue weighted by Crippen LogP contribution is -2.52. The Morgan fingerprint density at radius 1 is 1.04 bits per heavy atom. The molecule has 1 N–H and O–H groups in total. The number of benzene rings is 2. The lowest BCUT2D eigenvalue weighted by Gasteiger charge is -2.53. The van der Waals surface area contributed by atoms with Crippen molar-refractivity contribution < 1.29 is 9.84 Å². The van der Waals surface area contributed by atoms with Gasteiger partial charge in [0.25, 0.3) is 0 Å². The Morgan fingerprint density at radius 2 is 1.78 bits per heavy atom. The largest absolute Gasteiger partial charge is 0.393 e. The van der Waals surface area contributed by atoms with Crippen LogP contribution in [-0.4, -0.2) is 16.8 Å². The highest BCUT2D eigenvalue weighted by atomic mass is 16.5. The summed E-state index contributed by atoms with van der Waals surface area (Å²) in [7, 11) is 0. The molecule has 2 bridgehead atoms. The van der Waals surface area contributed by atoms with Gasteiger partial charge in [-0.15, -0.1) is 0 Å². The predicted octanol–water partition coefficient (Wildman–Crippen LogP) is 4.71. The Labute approximate surface area is 138 Å². The number of hydrogen-bond donors (Lipinski definition) is 1. The van der Waals surface area contributed by atoms with E-state index in [0.29, 0.717) is 17.8 Å². The Bertz CT molecular complexity index is 721. The molecule has 2 aromatic carbocycles. The van der Waals surface area contributed by atoms with Crippen LogP contribution in [0.25, 0.3) is 10.8 Å². The van der Waals surface area contributed by atoms with Crippen molar-refractivity contribution in [3.05, 3.63) is 48.0 Å². The molecule has 0 spiro atoms. The monoisotopic (exact) mass is 310 g/mol. The molecular formula is C21H26O2. The third-order valence-electron chi connectivity index (χ3n) is 6.27. The summed E-state index contributed by atoms with van der Waals surface area (Å²) in [5.41, 5.74) is 1.08. The third-order valence-corrected chi connectivity index (χ3v) is 6.27. The molecule has 2 aromatic rings. The van der Waals surface area contributed by atoms with Crippen LogP contribution in [0.2, 0.25) is 0 Å². The molecule has 23 heavy (non-hydrogen) atoms. The van der Waals surface area contributed by atoms with Gasteiger partial charge in [0.05, 0.1) is 17.8 Å². The summed E-state index contributed by atoms with van der Waals surface area (Å²) < 4.78 is 6.58.